The quantitative estimate of drug-likeness (QED) is 0.468. The zero-order chi connectivity index (χ0) is 22.7. The minimum atomic E-state index is -0.413. The van der Waals surface area contributed by atoms with E-state index in [0.29, 0.717) is 12.0 Å². The Kier molecular flexibility index (Phi) is 4.48. The van der Waals surface area contributed by atoms with Crippen molar-refractivity contribution in [3.05, 3.63) is 65.4 Å². The molecule has 0 unspecified atom stereocenters. The molecule has 0 bridgehead atoms. The van der Waals surface area contributed by atoms with Crippen LogP contribution in [-0.2, 0) is 13.5 Å². The third-order valence-corrected chi connectivity index (χ3v) is 7.01. The zero-order valence-corrected chi connectivity index (χ0v) is 18.9. The first kappa shape index (κ1) is 19.9. The second kappa shape index (κ2) is 7.42. The molecule has 7 heteroatoms. The molecular weight excluding hydrogens is 412 g/mol. The number of amides is 1. The summed E-state index contributed by atoms with van der Waals surface area (Å²) in [6.45, 7) is 4.17. The highest BCUT2D eigenvalue weighted by Crippen LogP contribution is 2.40. The fourth-order valence-electron chi connectivity index (χ4n) is 5.07. The molecular formula is C26H26N6O. The van der Waals surface area contributed by atoms with Crippen LogP contribution < -0.4 is 10.6 Å². The van der Waals surface area contributed by atoms with Gasteiger partial charge in [-0.25, -0.2) is 4.98 Å². The highest BCUT2D eigenvalue weighted by Gasteiger charge is 2.27. The van der Waals surface area contributed by atoms with E-state index in [1.54, 1.807) is 0 Å². The molecule has 1 aliphatic heterocycles. The normalized spacial score (nSPS) is 15.6. The van der Waals surface area contributed by atoms with Crippen LogP contribution in [0, 0.1) is 0 Å². The lowest BCUT2D eigenvalue weighted by Gasteiger charge is -2.34. The second-order valence-corrected chi connectivity index (χ2v) is 9.10. The van der Waals surface area contributed by atoms with E-state index in [1.807, 2.05) is 36.1 Å². The number of primary amides is 1. The number of nitrogens with zero attached hydrogens (tertiary/aromatic N) is 5. The number of nitrogens with two attached hydrogens (primary N) is 1. The summed E-state index contributed by atoms with van der Waals surface area (Å²) in [6.07, 6.45) is 2.52. The van der Waals surface area contributed by atoms with Gasteiger partial charge in [0.15, 0.2) is 0 Å². The first-order valence-corrected chi connectivity index (χ1v) is 11.3. The number of carbonyl (C=O) groups excluding carboxylic acids is 1. The minimum absolute atomic E-state index is 0.413. The Morgan fingerprint density at radius 1 is 1.00 bits per heavy atom. The highest BCUT2D eigenvalue weighted by atomic mass is 16.1. The Morgan fingerprint density at radius 3 is 2.61 bits per heavy atom. The van der Waals surface area contributed by atoms with Gasteiger partial charge in [-0.3, -0.25) is 9.48 Å². The van der Waals surface area contributed by atoms with Crippen LogP contribution in [0.15, 0.2) is 48.7 Å². The van der Waals surface area contributed by atoms with E-state index in [0.717, 1.165) is 65.2 Å². The molecule has 1 fully saturated rings. The largest absolute Gasteiger partial charge is 0.369 e. The number of piperazine rings is 1. The van der Waals surface area contributed by atoms with Gasteiger partial charge in [0.1, 0.15) is 0 Å². The molecule has 6 rings (SSSR count). The predicted octanol–water partition coefficient (Wildman–Crippen LogP) is 3.06. The summed E-state index contributed by atoms with van der Waals surface area (Å²) in [7, 11) is 4.09. The molecule has 7 nitrogen and oxygen atoms in total. The van der Waals surface area contributed by atoms with Crippen molar-refractivity contribution in [1.82, 2.24) is 19.7 Å². The van der Waals surface area contributed by atoms with Gasteiger partial charge in [-0.1, -0.05) is 12.1 Å². The van der Waals surface area contributed by atoms with Gasteiger partial charge in [-0.2, -0.15) is 5.10 Å². The zero-order valence-electron chi connectivity index (χ0n) is 18.9. The molecule has 0 spiro atoms. The third kappa shape index (κ3) is 3.27. The Balaban J connectivity index is 1.43. The maximum Gasteiger partial charge on any atom is 0.249 e. The van der Waals surface area contributed by atoms with Gasteiger partial charge in [0.25, 0.3) is 0 Å². The van der Waals surface area contributed by atoms with Crippen molar-refractivity contribution in [3.63, 3.8) is 0 Å². The van der Waals surface area contributed by atoms with Crippen molar-refractivity contribution in [2.24, 2.45) is 12.8 Å². The Labute approximate surface area is 192 Å². The maximum absolute atomic E-state index is 12.4. The van der Waals surface area contributed by atoms with Crippen LogP contribution >= 0.6 is 0 Å². The molecule has 0 saturated carbocycles. The summed E-state index contributed by atoms with van der Waals surface area (Å²) in [4.78, 5) is 22.2. The number of likely N-dealkylation sites (N-methyl/N-ethyl adjacent to an activating group) is 1. The number of hydrogen-bond donors (Lipinski definition) is 1. The number of anilines is 1. The fraction of sp³-hybridized carbons (Fsp3) is 0.269. The number of benzene rings is 2. The SMILES string of the molecule is CN1CCN(c2ccc3c(c2)Cc2c(C(N)=O)cc(-c4ccc5c(cnn5C)c4)nc2-3)CC1. The van der Waals surface area contributed by atoms with Crippen LogP contribution in [0.4, 0.5) is 5.69 Å². The van der Waals surface area contributed by atoms with Gasteiger partial charge in [-0.15, -0.1) is 0 Å². The number of hydrogen-bond acceptors (Lipinski definition) is 5. The van der Waals surface area contributed by atoms with Gasteiger partial charge >= 0.3 is 0 Å². The van der Waals surface area contributed by atoms with Gasteiger partial charge in [0, 0.05) is 67.4 Å². The molecule has 1 amide bonds. The van der Waals surface area contributed by atoms with Gasteiger partial charge in [0.05, 0.1) is 23.1 Å². The standard InChI is InChI=1S/C26H26N6O/c1-30-7-9-32(10-8-30)19-4-5-20-17(12-19)13-21-22(26(27)33)14-23(29-25(20)21)16-3-6-24-18(11-16)15-28-31(24)2/h3-6,11-12,14-15H,7-10,13H2,1-2H3,(H2,27,33). The van der Waals surface area contributed by atoms with Gasteiger partial charge in [-0.05, 0) is 48.5 Å². The molecule has 2 aliphatic rings. The fourth-order valence-corrected chi connectivity index (χ4v) is 5.07. The van der Waals surface area contributed by atoms with E-state index in [9.17, 15) is 4.79 Å². The third-order valence-electron chi connectivity index (χ3n) is 7.01. The summed E-state index contributed by atoms with van der Waals surface area (Å²) >= 11 is 0. The molecule has 33 heavy (non-hydrogen) atoms. The van der Waals surface area contributed by atoms with Crippen molar-refractivity contribution >= 4 is 22.5 Å². The van der Waals surface area contributed by atoms with Crippen LogP contribution in [0.25, 0.3) is 33.4 Å². The van der Waals surface area contributed by atoms with Crippen molar-refractivity contribution < 1.29 is 4.79 Å². The first-order valence-electron chi connectivity index (χ1n) is 11.3. The number of pyridine rings is 1. The molecule has 2 aromatic carbocycles. The molecule has 0 radical (unpaired) electrons. The maximum atomic E-state index is 12.4. The average Bonchev–Trinajstić information content (AvgIpc) is 3.38. The molecule has 2 aromatic heterocycles. The predicted molar refractivity (Wildman–Crippen MR) is 130 cm³/mol. The van der Waals surface area contributed by atoms with Gasteiger partial charge in [0.2, 0.25) is 5.91 Å². The van der Waals surface area contributed by atoms with E-state index in [4.69, 9.17) is 10.7 Å². The average molecular weight is 439 g/mol. The number of carbonyl (C=O) groups is 1. The Bertz CT molecular complexity index is 1410. The Morgan fingerprint density at radius 2 is 1.82 bits per heavy atom. The van der Waals surface area contributed by atoms with E-state index < -0.39 is 5.91 Å². The smallest absolute Gasteiger partial charge is 0.249 e. The summed E-state index contributed by atoms with van der Waals surface area (Å²) in [5, 5.41) is 5.37. The summed E-state index contributed by atoms with van der Waals surface area (Å²) < 4.78 is 1.85. The van der Waals surface area contributed by atoms with E-state index in [2.05, 4.69) is 46.2 Å². The molecule has 0 atom stereocenters. The molecule has 166 valence electrons. The minimum Gasteiger partial charge on any atom is -0.369 e. The van der Waals surface area contributed by atoms with E-state index in [-0.39, 0.29) is 0 Å². The second-order valence-electron chi connectivity index (χ2n) is 9.10. The van der Waals surface area contributed by atoms with Crippen molar-refractivity contribution in [3.8, 4) is 22.5 Å². The van der Waals surface area contributed by atoms with Crippen LogP contribution in [-0.4, -0.2) is 58.8 Å². The molecule has 1 aliphatic carbocycles. The van der Waals surface area contributed by atoms with Crippen molar-refractivity contribution in [1.29, 1.82) is 0 Å². The van der Waals surface area contributed by atoms with Gasteiger partial charge < -0.3 is 15.5 Å². The number of aromatic nitrogens is 3. The molecule has 3 heterocycles. The summed E-state index contributed by atoms with van der Waals surface area (Å²) in [5.41, 5.74) is 14.5. The van der Waals surface area contributed by atoms with Crippen LogP contribution in [0.3, 0.4) is 0 Å². The first-order chi connectivity index (χ1) is 16.0. The highest BCUT2D eigenvalue weighted by molar-refractivity contribution is 5.99. The lowest BCUT2D eigenvalue weighted by atomic mass is 10.0. The molecule has 1 saturated heterocycles. The van der Waals surface area contributed by atoms with Crippen molar-refractivity contribution in [2.45, 2.75) is 6.42 Å². The topological polar surface area (TPSA) is 80.3 Å². The number of fused-ring (bicyclic) bond motifs is 4. The number of aryl methyl sites for hydroxylation is 1. The van der Waals surface area contributed by atoms with Crippen molar-refractivity contribution in [2.75, 3.05) is 38.1 Å². The number of rotatable bonds is 3. The van der Waals surface area contributed by atoms with Crippen LogP contribution in [0.1, 0.15) is 21.5 Å². The lowest BCUT2D eigenvalue weighted by Crippen LogP contribution is -2.44. The summed E-state index contributed by atoms with van der Waals surface area (Å²) in [5.74, 6) is -0.413. The van der Waals surface area contributed by atoms with E-state index >= 15 is 0 Å². The summed E-state index contributed by atoms with van der Waals surface area (Å²) in [6, 6.07) is 14.6. The molecule has 4 aromatic rings. The monoisotopic (exact) mass is 438 g/mol. The Hall–Kier alpha value is -3.71. The van der Waals surface area contributed by atoms with Crippen LogP contribution in [0.2, 0.25) is 0 Å². The molecule has 2 N–H and O–H groups in total. The van der Waals surface area contributed by atoms with Crippen LogP contribution in [0.5, 0.6) is 0 Å². The van der Waals surface area contributed by atoms with E-state index in [1.165, 1.54) is 11.3 Å². The lowest BCUT2D eigenvalue weighted by molar-refractivity contribution is 0.0999.